The molecule has 0 aliphatic carbocycles. The van der Waals surface area contributed by atoms with Crippen molar-refractivity contribution in [2.75, 3.05) is 6.54 Å². The number of hydrogen-bond acceptors (Lipinski definition) is 2. The quantitative estimate of drug-likeness (QED) is 0.796. The first-order chi connectivity index (χ1) is 8.01. The second kappa shape index (κ2) is 5.43. The second-order valence-electron chi connectivity index (χ2n) is 3.69. The van der Waals surface area contributed by atoms with Gasteiger partial charge in [0.25, 0.3) is 0 Å². The van der Waals surface area contributed by atoms with Gasteiger partial charge < -0.3 is 10.0 Å². The van der Waals surface area contributed by atoms with Crippen molar-refractivity contribution in [3.8, 4) is 0 Å². The minimum atomic E-state index is -1.13. The second-order valence-corrected chi connectivity index (χ2v) is 3.69. The predicted octanol–water partition coefficient (Wildman–Crippen LogP) is 1.74. The summed E-state index contributed by atoms with van der Waals surface area (Å²) < 4.78 is 13.1. The van der Waals surface area contributed by atoms with Crippen LogP contribution in [-0.2, 0) is 9.59 Å². The fourth-order valence-corrected chi connectivity index (χ4v) is 1.63. The number of aryl methyl sites for hydroxylation is 1. The molecule has 0 aliphatic heterocycles. The Morgan fingerprint density at radius 3 is 2.65 bits per heavy atom. The molecule has 1 N–H and O–H groups in total. The van der Waals surface area contributed by atoms with E-state index in [0.29, 0.717) is 17.5 Å². The van der Waals surface area contributed by atoms with Gasteiger partial charge in [-0.25, -0.2) is 9.18 Å². The lowest BCUT2D eigenvalue weighted by atomic mass is 10.0. The molecule has 1 unspecified atom stereocenters. The smallest absolute Gasteiger partial charge is 0.331 e. The lowest BCUT2D eigenvalue weighted by molar-refractivity contribution is -0.146. The fourth-order valence-electron chi connectivity index (χ4n) is 1.63. The van der Waals surface area contributed by atoms with Crippen LogP contribution in [0.2, 0.25) is 0 Å². The van der Waals surface area contributed by atoms with Crippen molar-refractivity contribution in [1.29, 1.82) is 0 Å². The van der Waals surface area contributed by atoms with Crippen molar-refractivity contribution in [2.24, 2.45) is 0 Å². The Bertz CT molecular complexity index is 434. The number of nitrogens with zero attached hydrogens (tertiary/aromatic N) is 1. The van der Waals surface area contributed by atoms with E-state index in [9.17, 15) is 14.0 Å². The molecule has 0 aliphatic rings. The van der Waals surface area contributed by atoms with Crippen molar-refractivity contribution < 1.29 is 19.1 Å². The maximum Gasteiger partial charge on any atom is 0.331 e. The van der Waals surface area contributed by atoms with Crippen LogP contribution in [-0.4, -0.2) is 28.9 Å². The molecular weight excluding hydrogens is 225 g/mol. The number of amides is 1. The number of rotatable bonds is 5. The van der Waals surface area contributed by atoms with Crippen molar-refractivity contribution >= 4 is 12.4 Å². The predicted molar refractivity (Wildman–Crippen MR) is 60.0 cm³/mol. The third kappa shape index (κ3) is 2.81. The SMILES string of the molecule is CCN(C=O)C(C(=O)O)c1ccc(F)c(C)c1. The van der Waals surface area contributed by atoms with Gasteiger partial charge in [-0.1, -0.05) is 12.1 Å². The van der Waals surface area contributed by atoms with Crippen LogP contribution in [0.5, 0.6) is 0 Å². The molecule has 0 fully saturated rings. The maximum absolute atomic E-state index is 13.1. The highest BCUT2D eigenvalue weighted by molar-refractivity contribution is 5.78. The van der Waals surface area contributed by atoms with Crippen LogP contribution in [0.15, 0.2) is 18.2 Å². The van der Waals surface area contributed by atoms with E-state index in [1.807, 2.05) is 0 Å². The topological polar surface area (TPSA) is 57.6 Å². The van der Waals surface area contributed by atoms with Gasteiger partial charge in [-0.2, -0.15) is 0 Å². The molecule has 0 heterocycles. The van der Waals surface area contributed by atoms with E-state index in [4.69, 9.17) is 5.11 Å². The van der Waals surface area contributed by atoms with Gasteiger partial charge in [-0.3, -0.25) is 4.79 Å². The standard InChI is InChI=1S/C12H14FNO3/c1-3-14(7-15)11(12(16)17)9-4-5-10(13)8(2)6-9/h4-7,11H,3H2,1-2H3,(H,16,17). The van der Waals surface area contributed by atoms with Crippen LogP contribution in [0.1, 0.15) is 24.1 Å². The van der Waals surface area contributed by atoms with Crippen LogP contribution in [0.25, 0.3) is 0 Å². The molecule has 1 rings (SSSR count). The number of likely N-dealkylation sites (N-methyl/N-ethyl adjacent to an activating group) is 1. The zero-order valence-electron chi connectivity index (χ0n) is 9.68. The molecule has 0 aromatic heterocycles. The lowest BCUT2D eigenvalue weighted by Crippen LogP contribution is -2.33. The summed E-state index contributed by atoms with van der Waals surface area (Å²) in [4.78, 5) is 23.1. The van der Waals surface area contributed by atoms with Gasteiger partial charge in [0.05, 0.1) is 0 Å². The zero-order valence-corrected chi connectivity index (χ0v) is 9.68. The Morgan fingerprint density at radius 2 is 2.24 bits per heavy atom. The number of benzene rings is 1. The minimum absolute atomic E-state index is 0.275. The number of carboxylic acids is 1. The third-order valence-corrected chi connectivity index (χ3v) is 2.56. The summed E-state index contributed by atoms with van der Waals surface area (Å²) in [6.45, 7) is 3.51. The summed E-state index contributed by atoms with van der Waals surface area (Å²) >= 11 is 0. The summed E-state index contributed by atoms with van der Waals surface area (Å²) in [5, 5.41) is 9.13. The summed E-state index contributed by atoms with van der Waals surface area (Å²) in [7, 11) is 0. The summed E-state index contributed by atoms with van der Waals surface area (Å²) in [6.07, 6.45) is 0.484. The van der Waals surface area contributed by atoms with Gasteiger partial charge >= 0.3 is 5.97 Å². The molecule has 1 amide bonds. The normalized spacial score (nSPS) is 11.9. The highest BCUT2D eigenvalue weighted by atomic mass is 19.1. The van der Waals surface area contributed by atoms with E-state index in [-0.39, 0.29) is 6.54 Å². The van der Waals surface area contributed by atoms with Crippen molar-refractivity contribution in [2.45, 2.75) is 19.9 Å². The van der Waals surface area contributed by atoms with E-state index in [1.54, 1.807) is 13.8 Å². The third-order valence-electron chi connectivity index (χ3n) is 2.56. The number of carbonyl (C=O) groups excluding carboxylic acids is 1. The Balaban J connectivity index is 3.18. The van der Waals surface area contributed by atoms with Gasteiger partial charge in [0, 0.05) is 6.54 Å². The van der Waals surface area contributed by atoms with Crippen LogP contribution in [0, 0.1) is 12.7 Å². The molecule has 5 heteroatoms. The Morgan fingerprint density at radius 1 is 1.59 bits per heavy atom. The lowest BCUT2D eigenvalue weighted by Gasteiger charge is -2.24. The van der Waals surface area contributed by atoms with Gasteiger partial charge in [0.1, 0.15) is 5.82 Å². The minimum Gasteiger partial charge on any atom is -0.479 e. The van der Waals surface area contributed by atoms with Crippen LogP contribution in [0.4, 0.5) is 4.39 Å². The molecule has 0 saturated carbocycles. The zero-order chi connectivity index (χ0) is 13.0. The molecular formula is C12H14FNO3. The fraction of sp³-hybridized carbons (Fsp3) is 0.333. The average molecular weight is 239 g/mol. The molecule has 92 valence electrons. The molecule has 17 heavy (non-hydrogen) atoms. The Labute approximate surface area is 98.7 Å². The molecule has 1 aromatic carbocycles. The van der Waals surface area contributed by atoms with E-state index in [1.165, 1.54) is 18.2 Å². The maximum atomic E-state index is 13.1. The highest BCUT2D eigenvalue weighted by Gasteiger charge is 2.25. The summed E-state index contributed by atoms with van der Waals surface area (Å²) in [5.74, 6) is -1.53. The number of carboxylic acid groups (broad SMARTS) is 1. The van der Waals surface area contributed by atoms with Gasteiger partial charge in [-0.05, 0) is 31.0 Å². The molecule has 0 radical (unpaired) electrons. The van der Waals surface area contributed by atoms with Gasteiger partial charge in [0.2, 0.25) is 6.41 Å². The van der Waals surface area contributed by atoms with Crippen LogP contribution in [0.3, 0.4) is 0 Å². The Kier molecular flexibility index (Phi) is 4.20. The Hall–Kier alpha value is -1.91. The van der Waals surface area contributed by atoms with E-state index in [2.05, 4.69) is 0 Å². The van der Waals surface area contributed by atoms with Gasteiger partial charge in [-0.15, -0.1) is 0 Å². The monoisotopic (exact) mass is 239 g/mol. The van der Waals surface area contributed by atoms with Crippen molar-refractivity contribution in [3.63, 3.8) is 0 Å². The molecule has 1 aromatic rings. The summed E-state index contributed by atoms with van der Waals surface area (Å²) in [6, 6.07) is 2.96. The van der Waals surface area contributed by atoms with Crippen molar-refractivity contribution in [1.82, 2.24) is 4.90 Å². The number of hydrogen-bond donors (Lipinski definition) is 1. The van der Waals surface area contributed by atoms with Gasteiger partial charge in [0.15, 0.2) is 6.04 Å². The largest absolute Gasteiger partial charge is 0.479 e. The first kappa shape index (κ1) is 13.2. The molecule has 0 saturated heterocycles. The molecule has 0 bridgehead atoms. The van der Waals surface area contributed by atoms with E-state index in [0.717, 1.165) is 4.90 Å². The first-order valence-corrected chi connectivity index (χ1v) is 5.21. The van der Waals surface area contributed by atoms with Crippen LogP contribution >= 0.6 is 0 Å². The number of halogens is 1. The summed E-state index contributed by atoms with van der Waals surface area (Å²) in [5.41, 5.74) is 0.751. The molecule has 0 spiro atoms. The average Bonchev–Trinajstić information content (AvgIpc) is 2.29. The van der Waals surface area contributed by atoms with Crippen LogP contribution < -0.4 is 0 Å². The van der Waals surface area contributed by atoms with E-state index >= 15 is 0 Å². The first-order valence-electron chi connectivity index (χ1n) is 5.21. The highest BCUT2D eigenvalue weighted by Crippen LogP contribution is 2.22. The number of aliphatic carboxylic acids is 1. The number of carbonyl (C=O) groups is 2. The molecule has 4 nitrogen and oxygen atoms in total. The van der Waals surface area contributed by atoms with Crippen molar-refractivity contribution in [3.05, 3.63) is 35.1 Å². The molecule has 1 atom stereocenters. The van der Waals surface area contributed by atoms with E-state index < -0.39 is 17.8 Å².